The number of rotatable bonds is 5. The summed E-state index contributed by atoms with van der Waals surface area (Å²) in [6.45, 7) is 14.4. The van der Waals surface area contributed by atoms with Gasteiger partial charge in [-0.2, -0.15) is 0 Å². The normalized spacial score (nSPS) is 44.6. The first kappa shape index (κ1) is 23.3. The van der Waals surface area contributed by atoms with E-state index in [0.717, 1.165) is 18.8 Å². The van der Waals surface area contributed by atoms with Crippen molar-refractivity contribution in [2.45, 2.75) is 99.0 Å². The van der Waals surface area contributed by atoms with Gasteiger partial charge in [0.15, 0.2) is 5.78 Å². The average molecular weight is 427 g/mol. The smallest absolute Gasteiger partial charge is 0.155 e. The van der Waals surface area contributed by atoms with Crippen LogP contribution in [0.2, 0.25) is 0 Å². The largest absolute Gasteiger partial charge is 0.392 e. The van der Waals surface area contributed by atoms with Crippen LogP contribution in [-0.2, 0) is 4.79 Å². The Labute approximate surface area is 191 Å². The zero-order valence-corrected chi connectivity index (χ0v) is 20.9. The van der Waals surface area contributed by atoms with Crippen LogP contribution < -0.4 is 0 Å². The quantitative estimate of drug-likeness (QED) is 0.481. The molecule has 2 heteroatoms. The van der Waals surface area contributed by atoms with Crippen molar-refractivity contribution in [3.8, 4) is 0 Å². The van der Waals surface area contributed by atoms with Crippen LogP contribution in [0.1, 0.15) is 92.9 Å². The first-order chi connectivity index (χ1) is 14.6. The van der Waals surface area contributed by atoms with Gasteiger partial charge in [0.2, 0.25) is 0 Å². The fraction of sp³-hybridized carbons (Fsp3) is 0.828. The van der Waals surface area contributed by atoms with Gasteiger partial charge >= 0.3 is 0 Å². The number of hydrogen-bond acceptors (Lipinski definition) is 2. The van der Waals surface area contributed by atoms with Gasteiger partial charge in [0.05, 0.1) is 6.10 Å². The van der Waals surface area contributed by atoms with Gasteiger partial charge in [-0.3, -0.25) is 4.79 Å². The van der Waals surface area contributed by atoms with Gasteiger partial charge < -0.3 is 5.11 Å². The molecule has 3 saturated carbocycles. The highest BCUT2D eigenvalue weighted by molar-refractivity contribution is 5.91. The van der Waals surface area contributed by atoms with E-state index in [-0.39, 0.29) is 17.3 Å². The van der Waals surface area contributed by atoms with E-state index in [0.29, 0.717) is 47.3 Å². The molecule has 0 aromatic rings. The lowest BCUT2D eigenvalue weighted by atomic mass is 9.46. The second-order valence-corrected chi connectivity index (χ2v) is 12.4. The minimum atomic E-state index is -0.269. The van der Waals surface area contributed by atoms with Crippen LogP contribution in [0.3, 0.4) is 0 Å². The highest BCUT2D eigenvalue weighted by Gasteiger charge is 2.61. The number of aliphatic hydroxyl groups is 1. The Morgan fingerprint density at radius 3 is 2.52 bits per heavy atom. The van der Waals surface area contributed by atoms with Crippen LogP contribution in [0.25, 0.3) is 0 Å². The van der Waals surface area contributed by atoms with Gasteiger partial charge in [-0.05, 0) is 103 Å². The summed E-state index contributed by atoms with van der Waals surface area (Å²) in [5.74, 6) is 4.58. The van der Waals surface area contributed by atoms with Crippen LogP contribution in [-0.4, -0.2) is 17.0 Å². The molecule has 4 aliphatic carbocycles. The molecule has 0 spiro atoms. The molecule has 31 heavy (non-hydrogen) atoms. The molecule has 0 aliphatic heterocycles. The van der Waals surface area contributed by atoms with Gasteiger partial charge in [-0.15, -0.1) is 0 Å². The van der Waals surface area contributed by atoms with Crippen molar-refractivity contribution in [1.82, 2.24) is 0 Å². The lowest BCUT2D eigenvalue weighted by molar-refractivity contribution is -0.124. The van der Waals surface area contributed by atoms with E-state index in [1.54, 1.807) is 0 Å². The SMILES string of the molecule is CC[C@H](C=C[C@@H](C)[C@H]1CC[C@H]2[C@@H]3C(O)CC4=CC(=O)CC[C@]4(C)[C@H]3CC[C@]12C)C(C)C. The number of carbonyl (C=O) groups excluding carboxylic acids is 1. The number of carbonyl (C=O) groups is 1. The maximum absolute atomic E-state index is 12.1. The molecule has 9 atom stereocenters. The minimum Gasteiger partial charge on any atom is -0.392 e. The van der Waals surface area contributed by atoms with Crippen molar-refractivity contribution in [3.63, 3.8) is 0 Å². The van der Waals surface area contributed by atoms with Crippen molar-refractivity contribution in [2.75, 3.05) is 0 Å². The third kappa shape index (κ3) is 3.79. The van der Waals surface area contributed by atoms with Gasteiger partial charge in [0.1, 0.15) is 0 Å². The van der Waals surface area contributed by atoms with E-state index in [9.17, 15) is 9.90 Å². The van der Waals surface area contributed by atoms with E-state index < -0.39 is 0 Å². The third-order valence-corrected chi connectivity index (χ3v) is 10.7. The van der Waals surface area contributed by atoms with E-state index in [1.807, 2.05) is 6.08 Å². The van der Waals surface area contributed by atoms with Gasteiger partial charge in [-0.1, -0.05) is 59.3 Å². The molecule has 0 aromatic heterocycles. The molecular formula is C29H46O2. The fourth-order valence-electron chi connectivity index (χ4n) is 8.71. The Balaban J connectivity index is 1.56. The number of aliphatic hydroxyl groups excluding tert-OH is 1. The summed E-state index contributed by atoms with van der Waals surface area (Å²) in [5, 5.41) is 11.3. The van der Waals surface area contributed by atoms with E-state index in [2.05, 4.69) is 53.7 Å². The second kappa shape index (κ2) is 8.47. The van der Waals surface area contributed by atoms with Crippen molar-refractivity contribution >= 4 is 5.78 Å². The predicted octanol–water partition coefficient (Wildman–Crippen LogP) is 6.98. The Kier molecular flexibility index (Phi) is 6.36. The molecule has 2 nitrogen and oxygen atoms in total. The van der Waals surface area contributed by atoms with E-state index >= 15 is 0 Å². The lowest BCUT2D eigenvalue weighted by Gasteiger charge is -2.59. The first-order valence-corrected chi connectivity index (χ1v) is 13.2. The standard InChI is InChI=1S/C29H46O2/c1-7-20(18(2)3)9-8-19(4)23-10-11-24-27-25(13-15-29(23,24)6)28(5)14-12-22(30)16-21(28)17-26(27)31/h8-9,16,18-20,23-27,31H,7,10-15,17H2,1-6H3/t19-,20-,23-,24+,25+,26?,27+,28+,29-/m1/s1. The molecule has 174 valence electrons. The summed E-state index contributed by atoms with van der Waals surface area (Å²) in [4.78, 5) is 12.1. The molecule has 4 aliphatic rings. The number of ketones is 1. The molecule has 4 rings (SSSR count). The zero-order chi connectivity index (χ0) is 22.6. The van der Waals surface area contributed by atoms with Crippen LogP contribution in [0.5, 0.6) is 0 Å². The molecule has 3 fully saturated rings. The molecule has 0 amide bonds. The van der Waals surface area contributed by atoms with Gasteiger partial charge in [-0.25, -0.2) is 0 Å². The Hall–Kier alpha value is -0.890. The van der Waals surface area contributed by atoms with Gasteiger partial charge in [0, 0.05) is 6.42 Å². The van der Waals surface area contributed by atoms with E-state index in [1.165, 1.54) is 37.7 Å². The van der Waals surface area contributed by atoms with Crippen LogP contribution in [0.4, 0.5) is 0 Å². The van der Waals surface area contributed by atoms with Crippen molar-refractivity contribution in [3.05, 3.63) is 23.8 Å². The molecule has 0 radical (unpaired) electrons. The highest BCUT2D eigenvalue weighted by atomic mass is 16.3. The minimum absolute atomic E-state index is 0.133. The summed E-state index contributed by atoms with van der Waals surface area (Å²) in [5.41, 5.74) is 1.73. The zero-order valence-electron chi connectivity index (χ0n) is 20.9. The molecule has 0 bridgehead atoms. The van der Waals surface area contributed by atoms with Crippen LogP contribution in [0.15, 0.2) is 23.8 Å². The van der Waals surface area contributed by atoms with Gasteiger partial charge in [0.25, 0.3) is 0 Å². The number of fused-ring (bicyclic) bond motifs is 5. The predicted molar refractivity (Wildman–Crippen MR) is 129 cm³/mol. The summed E-state index contributed by atoms with van der Waals surface area (Å²) >= 11 is 0. The van der Waals surface area contributed by atoms with E-state index in [4.69, 9.17) is 0 Å². The third-order valence-electron chi connectivity index (χ3n) is 10.7. The lowest BCUT2D eigenvalue weighted by Crippen LogP contribution is -2.55. The Bertz CT molecular complexity index is 748. The highest BCUT2D eigenvalue weighted by Crippen LogP contribution is 2.67. The molecule has 0 aromatic carbocycles. The number of hydrogen-bond donors (Lipinski definition) is 1. The molecule has 0 heterocycles. The maximum Gasteiger partial charge on any atom is 0.155 e. The maximum atomic E-state index is 12.1. The Morgan fingerprint density at radius 1 is 1.10 bits per heavy atom. The summed E-state index contributed by atoms with van der Waals surface area (Å²) in [6.07, 6.45) is 15.4. The second-order valence-electron chi connectivity index (χ2n) is 12.4. The van der Waals surface area contributed by atoms with Crippen LogP contribution >= 0.6 is 0 Å². The topological polar surface area (TPSA) is 37.3 Å². The summed E-state index contributed by atoms with van der Waals surface area (Å²) in [6, 6.07) is 0. The van der Waals surface area contributed by atoms with Crippen molar-refractivity contribution in [1.29, 1.82) is 0 Å². The van der Waals surface area contributed by atoms with Crippen molar-refractivity contribution in [2.24, 2.45) is 52.3 Å². The fourth-order valence-corrected chi connectivity index (χ4v) is 8.71. The average Bonchev–Trinajstić information content (AvgIpc) is 3.06. The molecule has 1 unspecified atom stereocenters. The van der Waals surface area contributed by atoms with Crippen molar-refractivity contribution < 1.29 is 9.90 Å². The Morgan fingerprint density at radius 2 is 1.84 bits per heavy atom. The molecule has 0 saturated heterocycles. The molecule has 1 N–H and O–H groups in total. The molecular weight excluding hydrogens is 380 g/mol. The monoisotopic (exact) mass is 426 g/mol. The summed E-state index contributed by atoms with van der Waals surface area (Å²) < 4.78 is 0. The number of allylic oxidation sites excluding steroid dienone is 2. The first-order valence-electron chi connectivity index (χ1n) is 13.2. The van der Waals surface area contributed by atoms with Crippen LogP contribution in [0, 0.1) is 52.3 Å². The summed E-state index contributed by atoms with van der Waals surface area (Å²) in [7, 11) is 0.